The third-order valence-corrected chi connectivity index (χ3v) is 7.96. The molecule has 1 aliphatic rings. The van der Waals surface area contributed by atoms with Gasteiger partial charge >= 0.3 is 10.2 Å². The fourth-order valence-corrected chi connectivity index (χ4v) is 5.87. The fraction of sp³-hybridized carbons (Fsp3) is 0.458. The lowest BCUT2D eigenvalue weighted by Crippen LogP contribution is -2.50. The van der Waals surface area contributed by atoms with Gasteiger partial charge in [-0.05, 0) is 50.1 Å². The molecular formula is C24H33N3O6S. The van der Waals surface area contributed by atoms with E-state index in [9.17, 15) is 13.2 Å². The fourth-order valence-electron chi connectivity index (χ4n) is 4.15. The summed E-state index contributed by atoms with van der Waals surface area (Å²) in [6, 6.07) is 12.4. The molecule has 2 aromatic carbocycles. The van der Waals surface area contributed by atoms with Crippen molar-refractivity contribution in [2.75, 3.05) is 45.3 Å². The molecule has 0 aromatic heterocycles. The number of hydrogen-bond donors (Lipinski definition) is 1. The molecule has 10 heteroatoms. The van der Waals surface area contributed by atoms with Gasteiger partial charge in [-0.3, -0.25) is 9.10 Å². The smallest absolute Gasteiger partial charge is 0.304 e. The van der Waals surface area contributed by atoms with Gasteiger partial charge in [-0.15, -0.1) is 0 Å². The number of hydrogen-bond acceptors (Lipinski definition) is 6. The van der Waals surface area contributed by atoms with E-state index in [1.807, 2.05) is 12.1 Å². The number of carbonyl (C=O) groups is 1. The van der Waals surface area contributed by atoms with Crippen LogP contribution in [0.3, 0.4) is 0 Å². The number of anilines is 1. The number of nitrogens with one attached hydrogen (secondary N) is 1. The lowest BCUT2D eigenvalue weighted by molar-refractivity contribution is -0.126. The van der Waals surface area contributed by atoms with Crippen LogP contribution >= 0.6 is 0 Å². The Morgan fingerprint density at radius 2 is 1.82 bits per heavy atom. The van der Waals surface area contributed by atoms with Crippen molar-refractivity contribution < 1.29 is 27.4 Å². The Balaban J connectivity index is 1.69. The van der Waals surface area contributed by atoms with Gasteiger partial charge in [0.25, 0.3) is 0 Å². The van der Waals surface area contributed by atoms with Crippen molar-refractivity contribution in [3.63, 3.8) is 0 Å². The first-order chi connectivity index (χ1) is 16.3. The Morgan fingerprint density at radius 1 is 1.09 bits per heavy atom. The summed E-state index contributed by atoms with van der Waals surface area (Å²) in [7, 11) is 0.881. The van der Waals surface area contributed by atoms with E-state index in [0.717, 1.165) is 5.56 Å². The molecule has 0 saturated carbocycles. The summed E-state index contributed by atoms with van der Waals surface area (Å²) < 4.78 is 45.5. The van der Waals surface area contributed by atoms with Gasteiger partial charge < -0.3 is 19.5 Å². The van der Waals surface area contributed by atoms with Gasteiger partial charge in [0.1, 0.15) is 5.75 Å². The lowest BCUT2D eigenvalue weighted by Gasteiger charge is -2.35. The van der Waals surface area contributed by atoms with E-state index in [-0.39, 0.29) is 25.5 Å². The summed E-state index contributed by atoms with van der Waals surface area (Å²) in [5, 5.41) is 2.93. The highest BCUT2D eigenvalue weighted by Gasteiger charge is 2.35. The SMILES string of the molecule is CCN(c1ccc(OC)cc1)S(=O)(=O)N1CCCC(C(=O)NCc2cccc(OC)c2OC)C1. The van der Waals surface area contributed by atoms with E-state index in [2.05, 4.69) is 5.32 Å². The molecule has 0 spiro atoms. The Hall–Kier alpha value is -2.98. The predicted molar refractivity (Wildman–Crippen MR) is 131 cm³/mol. The number of ether oxygens (including phenoxy) is 3. The molecule has 1 amide bonds. The molecule has 0 bridgehead atoms. The molecule has 1 fully saturated rings. The highest BCUT2D eigenvalue weighted by molar-refractivity contribution is 7.90. The zero-order valence-corrected chi connectivity index (χ0v) is 20.9. The second kappa shape index (κ2) is 11.4. The molecule has 1 unspecified atom stereocenters. The van der Waals surface area contributed by atoms with Gasteiger partial charge in [-0.1, -0.05) is 12.1 Å². The Kier molecular flexibility index (Phi) is 8.62. The maximum Gasteiger partial charge on any atom is 0.304 e. The minimum absolute atomic E-state index is 0.135. The molecule has 1 N–H and O–H groups in total. The standard InChI is InChI=1S/C24H33N3O6S/c1-5-27(20-11-13-21(31-2)14-12-20)34(29,30)26-15-7-9-19(17-26)24(28)25-16-18-8-6-10-22(32-3)23(18)33-4/h6,8,10-14,19H,5,7,9,15-17H2,1-4H3,(H,25,28). The van der Waals surface area contributed by atoms with Crippen LogP contribution in [-0.2, 0) is 21.5 Å². The summed E-state index contributed by atoms with van der Waals surface area (Å²) in [6.07, 6.45) is 1.24. The molecule has 1 aliphatic heterocycles. The van der Waals surface area contributed by atoms with Crippen LogP contribution in [-0.4, -0.2) is 59.6 Å². The van der Waals surface area contributed by atoms with E-state index < -0.39 is 16.1 Å². The van der Waals surface area contributed by atoms with Crippen LogP contribution in [0.5, 0.6) is 17.2 Å². The summed E-state index contributed by atoms with van der Waals surface area (Å²) in [5.41, 5.74) is 1.34. The third kappa shape index (κ3) is 5.56. The monoisotopic (exact) mass is 491 g/mol. The number of nitrogens with zero attached hydrogens (tertiary/aromatic N) is 2. The summed E-state index contributed by atoms with van der Waals surface area (Å²) in [6.45, 7) is 2.84. The average molecular weight is 492 g/mol. The molecule has 2 aromatic rings. The maximum atomic E-state index is 13.4. The molecule has 1 atom stereocenters. The normalized spacial score (nSPS) is 16.5. The number of rotatable bonds is 10. The van der Waals surface area contributed by atoms with Gasteiger partial charge in [0.05, 0.1) is 32.9 Å². The van der Waals surface area contributed by atoms with Gasteiger partial charge in [0.2, 0.25) is 5.91 Å². The average Bonchev–Trinajstić information content (AvgIpc) is 2.87. The molecule has 1 heterocycles. The van der Waals surface area contributed by atoms with Gasteiger partial charge in [0.15, 0.2) is 11.5 Å². The molecule has 0 radical (unpaired) electrons. The van der Waals surface area contributed by atoms with Crippen LogP contribution < -0.4 is 23.8 Å². The first-order valence-corrected chi connectivity index (χ1v) is 12.6. The van der Waals surface area contributed by atoms with Crippen LogP contribution in [0.1, 0.15) is 25.3 Å². The lowest BCUT2D eigenvalue weighted by atomic mass is 9.98. The van der Waals surface area contributed by atoms with Crippen LogP contribution in [0.4, 0.5) is 5.69 Å². The van der Waals surface area contributed by atoms with Crippen molar-refractivity contribution in [3.8, 4) is 17.2 Å². The number of benzene rings is 2. The van der Waals surface area contributed by atoms with E-state index >= 15 is 0 Å². The molecular weight excluding hydrogens is 458 g/mol. The number of amides is 1. The molecule has 0 aliphatic carbocycles. The molecule has 3 rings (SSSR count). The maximum absolute atomic E-state index is 13.4. The summed E-state index contributed by atoms with van der Waals surface area (Å²) in [5.74, 6) is 1.19. The number of carbonyl (C=O) groups excluding carboxylic acids is 1. The minimum Gasteiger partial charge on any atom is -0.497 e. The van der Waals surface area contributed by atoms with Gasteiger partial charge in [-0.25, -0.2) is 0 Å². The van der Waals surface area contributed by atoms with Crippen molar-refractivity contribution in [2.24, 2.45) is 5.92 Å². The summed E-state index contributed by atoms with van der Waals surface area (Å²) >= 11 is 0. The highest BCUT2D eigenvalue weighted by atomic mass is 32.2. The minimum atomic E-state index is -3.79. The number of methoxy groups -OCH3 is 3. The summed E-state index contributed by atoms with van der Waals surface area (Å²) in [4.78, 5) is 12.9. The third-order valence-electron chi connectivity index (χ3n) is 5.94. The highest BCUT2D eigenvalue weighted by Crippen LogP contribution is 2.31. The van der Waals surface area contributed by atoms with Crippen molar-refractivity contribution in [3.05, 3.63) is 48.0 Å². The Labute approximate surface area is 201 Å². The van der Waals surface area contributed by atoms with Gasteiger partial charge in [0, 0.05) is 31.7 Å². The van der Waals surface area contributed by atoms with Crippen LogP contribution in [0.2, 0.25) is 0 Å². The number of para-hydroxylation sites is 1. The predicted octanol–water partition coefficient (Wildman–Crippen LogP) is 2.81. The molecule has 186 valence electrons. The van der Waals surface area contributed by atoms with Crippen LogP contribution in [0.15, 0.2) is 42.5 Å². The Bertz CT molecular complexity index is 1070. The second-order valence-corrected chi connectivity index (χ2v) is 9.79. The van der Waals surface area contributed by atoms with Gasteiger partial charge in [-0.2, -0.15) is 12.7 Å². The second-order valence-electron chi connectivity index (χ2n) is 7.94. The zero-order chi connectivity index (χ0) is 24.7. The largest absolute Gasteiger partial charge is 0.497 e. The zero-order valence-electron chi connectivity index (χ0n) is 20.1. The quantitative estimate of drug-likeness (QED) is 0.549. The van der Waals surface area contributed by atoms with E-state index in [4.69, 9.17) is 14.2 Å². The molecule has 34 heavy (non-hydrogen) atoms. The first kappa shape index (κ1) is 25.6. The Morgan fingerprint density at radius 3 is 2.44 bits per heavy atom. The van der Waals surface area contributed by atoms with Crippen molar-refractivity contribution in [2.45, 2.75) is 26.3 Å². The van der Waals surface area contributed by atoms with Crippen LogP contribution in [0.25, 0.3) is 0 Å². The topological polar surface area (TPSA) is 97.4 Å². The van der Waals surface area contributed by atoms with E-state index in [1.165, 1.54) is 8.61 Å². The molecule has 1 saturated heterocycles. The first-order valence-electron chi connectivity index (χ1n) is 11.2. The van der Waals surface area contributed by atoms with Crippen LogP contribution in [0, 0.1) is 5.92 Å². The van der Waals surface area contributed by atoms with Crippen molar-refractivity contribution >= 4 is 21.8 Å². The molecule has 9 nitrogen and oxygen atoms in total. The van der Waals surface area contributed by atoms with Crippen molar-refractivity contribution in [1.82, 2.24) is 9.62 Å². The number of piperidine rings is 1. The van der Waals surface area contributed by atoms with E-state index in [0.29, 0.717) is 42.3 Å². The van der Waals surface area contributed by atoms with E-state index in [1.54, 1.807) is 58.6 Å². The van der Waals surface area contributed by atoms with Crippen molar-refractivity contribution in [1.29, 1.82) is 0 Å².